The molecule has 1 aromatic rings. The van der Waals surface area contributed by atoms with Crippen molar-refractivity contribution in [1.82, 2.24) is 0 Å². The van der Waals surface area contributed by atoms with E-state index in [0.717, 1.165) is 43.8 Å². The smallest absolute Gasteiger partial charge is 0.0762 e. The summed E-state index contributed by atoms with van der Waals surface area (Å²) in [6, 6.07) is 5.79. The lowest BCUT2D eigenvalue weighted by Crippen LogP contribution is -2.39. The minimum absolute atomic E-state index is 0.297. The van der Waals surface area contributed by atoms with Crippen LogP contribution >= 0.6 is 11.6 Å². The molecule has 3 nitrogen and oxygen atoms in total. The van der Waals surface area contributed by atoms with Crippen LogP contribution in [0.15, 0.2) is 18.2 Å². The molecule has 0 spiro atoms. The Hall–Kier alpha value is -0.770. The second-order valence-corrected chi connectivity index (χ2v) is 5.46. The molecule has 0 radical (unpaired) electrons. The van der Waals surface area contributed by atoms with Gasteiger partial charge in [-0.15, -0.1) is 0 Å². The number of aliphatic hydroxyl groups is 1. The fraction of sp³-hybridized carbons (Fsp3) is 0.600. The SMILES string of the molecule is CCOC1CCCN(c2ccc(C(C)O)cc2Cl)C1. The maximum absolute atomic E-state index is 9.57. The average Bonchev–Trinajstić information content (AvgIpc) is 2.39. The Morgan fingerprint density at radius 1 is 1.53 bits per heavy atom. The minimum atomic E-state index is -0.482. The topological polar surface area (TPSA) is 32.7 Å². The summed E-state index contributed by atoms with van der Waals surface area (Å²) in [5.74, 6) is 0. The Labute approximate surface area is 120 Å². The van der Waals surface area contributed by atoms with Crippen molar-refractivity contribution in [3.63, 3.8) is 0 Å². The van der Waals surface area contributed by atoms with E-state index in [1.54, 1.807) is 6.92 Å². The quantitative estimate of drug-likeness (QED) is 0.919. The summed E-state index contributed by atoms with van der Waals surface area (Å²) in [7, 11) is 0. The monoisotopic (exact) mass is 283 g/mol. The number of hydrogen-bond donors (Lipinski definition) is 1. The van der Waals surface area contributed by atoms with Crippen LogP contribution in [0.1, 0.15) is 38.4 Å². The molecular formula is C15H22ClNO2. The van der Waals surface area contributed by atoms with E-state index in [4.69, 9.17) is 16.3 Å². The second kappa shape index (κ2) is 6.60. The lowest BCUT2D eigenvalue weighted by Gasteiger charge is -2.34. The van der Waals surface area contributed by atoms with Crippen LogP contribution in [0.2, 0.25) is 5.02 Å². The van der Waals surface area contributed by atoms with Crippen molar-refractivity contribution >= 4 is 17.3 Å². The Bertz CT molecular complexity index is 421. The summed E-state index contributed by atoms with van der Waals surface area (Å²) in [6.07, 6.45) is 2.06. The molecule has 4 heteroatoms. The van der Waals surface area contributed by atoms with Crippen LogP contribution in [-0.4, -0.2) is 30.9 Å². The summed E-state index contributed by atoms with van der Waals surface area (Å²) in [6.45, 7) is 6.44. The van der Waals surface area contributed by atoms with Gasteiger partial charge in [0.25, 0.3) is 0 Å². The van der Waals surface area contributed by atoms with Gasteiger partial charge in [-0.1, -0.05) is 17.7 Å². The molecule has 1 fully saturated rings. The van der Waals surface area contributed by atoms with Crippen molar-refractivity contribution in [2.75, 3.05) is 24.6 Å². The number of halogens is 1. The van der Waals surface area contributed by atoms with E-state index >= 15 is 0 Å². The summed E-state index contributed by atoms with van der Waals surface area (Å²) < 4.78 is 5.71. The Balaban J connectivity index is 2.12. The number of aliphatic hydroxyl groups excluding tert-OH is 1. The van der Waals surface area contributed by atoms with Gasteiger partial charge in [0, 0.05) is 19.7 Å². The van der Waals surface area contributed by atoms with Gasteiger partial charge in [-0.25, -0.2) is 0 Å². The van der Waals surface area contributed by atoms with Gasteiger partial charge in [0.1, 0.15) is 0 Å². The van der Waals surface area contributed by atoms with E-state index in [0.29, 0.717) is 11.1 Å². The first-order valence-electron chi connectivity index (χ1n) is 6.96. The zero-order valence-electron chi connectivity index (χ0n) is 11.6. The highest BCUT2D eigenvalue weighted by Crippen LogP contribution is 2.31. The molecule has 1 saturated heterocycles. The minimum Gasteiger partial charge on any atom is -0.389 e. The van der Waals surface area contributed by atoms with Crippen LogP contribution in [0.5, 0.6) is 0 Å². The van der Waals surface area contributed by atoms with Crippen molar-refractivity contribution in [3.8, 4) is 0 Å². The fourth-order valence-corrected chi connectivity index (χ4v) is 2.88. The van der Waals surface area contributed by atoms with Gasteiger partial charge in [0.15, 0.2) is 0 Å². The number of piperidine rings is 1. The van der Waals surface area contributed by atoms with Gasteiger partial charge < -0.3 is 14.7 Å². The first kappa shape index (κ1) is 14.6. The van der Waals surface area contributed by atoms with Gasteiger partial charge in [-0.3, -0.25) is 0 Å². The number of nitrogens with zero attached hydrogens (tertiary/aromatic N) is 1. The summed E-state index contributed by atoms with van der Waals surface area (Å²) in [5.41, 5.74) is 1.89. The number of ether oxygens (including phenoxy) is 1. The second-order valence-electron chi connectivity index (χ2n) is 5.05. The summed E-state index contributed by atoms with van der Waals surface area (Å²) >= 11 is 6.34. The molecule has 1 aromatic carbocycles. The lowest BCUT2D eigenvalue weighted by atomic mass is 10.1. The molecule has 0 aromatic heterocycles. The van der Waals surface area contributed by atoms with Crippen LogP contribution < -0.4 is 4.90 Å². The van der Waals surface area contributed by atoms with Crippen LogP contribution in [0.3, 0.4) is 0 Å². The standard InChI is InChI=1S/C15H22ClNO2/c1-3-19-13-5-4-8-17(10-13)15-7-6-12(11(2)18)9-14(15)16/h6-7,9,11,13,18H,3-5,8,10H2,1-2H3. The molecule has 2 unspecified atom stereocenters. The summed E-state index contributed by atoms with van der Waals surface area (Å²) in [4.78, 5) is 2.28. The molecule has 2 atom stereocenters. The number of anilines is 1. The first-order valence-corrected chi connectivity index (χ1v) is 7.33. The first-order chi connectivity index (χ1) is 9.11. The van der Waals surface area contributed by atoms with Gasteiger partial charge in [0.05, 0.1) is 22.9 Å². The molecule has 19 heavy (non-hydrogen) atoms. The normalized spacial score (nSPS) is 21.5. The van der Waals surface area contributed by atoms with Crippen LogP contribution in [0.4, 0.5) is 5.69 Å². The van der Waals surface area contributed by atoms with Crippen LogP contribution in [0.25, 0.3) is 0 Å². The van der Waals surface area contributed by atoms with Gasteiger partial charge in [-0.05, 0) is 44.4 Å². The third kappa shape index (κ3) is 3.62. The van der Waals surface area contributed by atoms with Crippen molar-refractivity contribution < 1.29 is 9.84 Å². The predicted molar refractivity (Wildman–Crippen MR) is 78.9 cm³/mol. The van der Waals surface area contributed by atoms with E-state index in [1.807, 2.05) is 25.1 Å². The number of benzene rings is 1. The lowest BCUT2D eigenvalue weighted by molar-refractivity contribution is 0.0527. The summed E-state index contributed by atoms with van der Waals surface area (Å²) in [5, 5.41) is 10.3. The largest absolute Gasteiger partial charge is 0.389 e. The highest BCUT2D eigenvalue weighted by molar-refractivity contribution is 6.33. The molecule has 1 aliphatic rings. The fourth-order valence-electron chi connectivity index (χ4n) is 2.57. The highest BCUT2D eigenvalue weighted by Gasteiger charge is 2.22. The van der Waals surface area contributed by atoms with Gasteiger partial charge >= 0.3 is 0 Å². The Morgan fingerprint density at radius 3 is 2.95 bits per heavy atom. The van der Waals surface area contributed by atoms with Gasteiger partial charge in [-0.2, -0.15) is 0 Å². The van der Waals surface area contributed by atoms with Crippen molar-refractivity contribution in [3.05, 3.63) is 28.8 Å². The Kier molecular flexibility index (Phi) is 5.08. The van der Waals surface area contributed by atoms with Crippen molar-refractivity contribution in [2.45, 2.75) is 38.9 Å². The Morgan fingerprint density at radius 2 is 2.32 bits per heavy atom. The molecular weight excluding hydrogens is 262 g/mol. The third-order valence-corrected chi connectivity index (χ3v) is 3.88. The van der Waals surface area contributed by atoms with E-state index in [-0.39, 0.29) is 0 Å². The maximum Gasteiger partial charge on any atom is 0.0762 e. The molecule has 0 amide bonds. The molecule has 2 rings (SSSR count). The van der Waals surface area contributed by atoms with Crippen LogP contribution in [-0.2, 0) is 4.74 Å². The maximum atomic E-state index is 9.57. The van der Waals surface area contributed by atoms with Gasteiger partial charge in [0.2, 0.25) is 0 Å². The van der Waals surface area contributed by atoms with E-state index in [2.05, 4.69) is 4.90 Å². The third-order valence-electron chi connectivity index (χ3n) is 3.58. The highest BCUT2D eigenvalue weighted by atomic mass is 35.5. The van der Waals surface area contributed by atoms with Crippen LogP contribution in [0, 0.1) is 0 Å². The molecule has 1 aliphatic heterocycles. The number of rotatable bonds is 4. The van der Waals surface area contributed by atoms with E-state index in [9.17, 15) is 5.11 Å². The number of hydrogen-bond acceptors (Lipinski definition) is 3. The zero-order chi connectivity index (χ0) is 13.8. The van der Waals surface area contributed by atoms with E-state index in [1.165, 1.54) is 0 Å². The molecule has 106 valence electrons. The van der Waals surface area contributed by atoms with E-state index < -0.39 is 6.10 Å². The van der Waals surface area contributed by atoms with Crippen molar-refractivity contribution in [1.29, 1.82) is 0 Å². The molecule has 0 saturated carbocycles. The predicted octanol–water partition coefficient (Wildman–Crippen LogP) is 3.40. The molecule has 1 heterocycles. The zero-order valence-corrected chi connectivity index (χ0v) is 12.4. The molecule has 1 N–H and O–H groups in total. The van der Waals surface area contributed by atoms with Crippen molar-refractivity contribution in [2.24, 2.45) is 0 Å². The molecule has 0 aliphatic carbocycles. The average molecular weight is 284 g/mol. The molecule has 0 bridgehead atoms.